The van der Waals surface area contributed by atoms with Crippen LogP contribution >= 0.6 is 22.9 Å². The Bertz CT molecular complexity index is 1050. The normalized spacial score (nSPS) is 16.0. The van der Waals surface area contributed by atoms with E-state index in [0.29, 0.717) is 17.1 Å². The van der Waals surface area contributed by atoms with Gasteiger partial charge in [-0.1, -0.05) is 48.9 Å². The molecular formula is C26H30ClN3O2S. The standard InChI is InChI=1S/C26H30ClN3O2S/c1-2-22-18-23(26(33-22)28-25(32)20-6-4-3-5-7-20)24(19-8-10-21(27)11-9-19)30-14-12-29(13-15-30)16-17-31/h3-11,18,24,31H,2,12-17H2,1H3,(H,28,32). The highest BCUT2D eigenvalue weighted by atomic mass is 35.5. The summed E-state index contributed by atoms with van der Waals surface area (Å²) >= 11 is 7.85. The van der Waals surface area contributed by atoms with E-state index < -0.39 is 0 Å². The number of hydrogen-bond acceptors (Lipinski definition) is 5. The first kappa shape index (κ1) is 23.9. The van der Waals surface area contributed by atoms with Gasteiger partial charge < -0.3 is 10.4 Å². The Balaban J connectivity index is 1.68. The fourth-order valence-electron chi connectivity index (χ4n) is 4.32. The van der Waals surface area contributed by atoms with Gasteiger partial charge in [-0.05, 0) is 42.3 Å². The Labute approximate surface area is 204 Å². The number of benzene rings is 2. The van der Waals surface area contributed by atoms with E-state index in [4.69, 9.17) is 11.6 Å². The van der Waals surface area contributed by atoms with Crippen LogP contribution < -0.4 is 5.32 Å². The third-order valence-electron chi connectivity index (χ3n) is 6.09. The van der Waals surface area contributed by atoms with Crippen LogP contribution in [0.25, 0.3) is 0 Å². The van der Waals surface area contributed by atoms with Crippen LogP contribution in [0.3, 0.4) is 0 Å². The number of halogens is 1. The maximum Gasteiger partial charge on any atom is 0.256 e. The molecule has 2 heterocycles. The van der Waals surface area contributed by atoms with Crippen molar-refractivity contribution in [2.45, 2.75) is 19.4 Å². The molecule has 4 rings (SSSR count). The summed E-state index contributed by atoms with van der Waals surface area (Å²) < 4.78 is 0. The number of aliphatic hydroxyl groups is 1. The minimum atomic E-state index is -0.0935. The molecule has 1 aromatic heterocycles. The van der Waals surface area contributed by atoms with Gasteiger partial charge in [0.15, 0.2) is 0 Å². The molecule has 1 unspecified atom stereocenters. The summed E-state index contributed by atoms with van der Waals surface area (Å²) in [6.07, 6.45) is 0.913. The Morgan fingerprint density at radius 1 is 1.09 bits per heavy atom. The van der Waals surface area contributed by atoms with Crippen LogP contribution in [0.1, 0.15) is 39.3 Å². The van der Waals surface area contributed by atoms with Crippen molar-refractivity contribution in [1.29, 1.82) is 0 Å². The Kier molecular flexibility index (Phi) is 8.17. The van der Waals surface area contributed by atoms with Crippen molar-refractivity contribution in [2.24, 2.45) is 0 Å². The maximum atomic E-state index is 13.0. The highest BCUT2D eigenvalue weighted by molar-refractivity contribution is 7.16. The van der Waals surface area contributed by atoms with Gasteiger partial charge in [0.25, 0.3) is 5.91 Å². The van der Waals surface area contributed by atoms with Crippen molar-refractivity contribution in [1.82, 2.24) is 9.80 Å². The Morgan fingerprint density at radius 2 is 1.79 bits per heavy atom. The molecule has 3 aromatic rings. The number of aryl methyl sites for hydroxylation is 1. The average Bonchev–Trinajstić information content (AvgIpc) is 3.24. The predicted octanol–water partition coefficient (Wildman–Crippen LogP) is 4.92. The molecule has 0 saturated carbocycles. The van der Waals surface area contributed by atoms with E-state index in [1.165, 1.54) is 4.88 Å². The molecule has 1 saturated heterocycles. The van der Waals surface area contributed by atoms with Crippen LogP contribution in [0, 0.1) is 0 Å². The molecule has 0 spiro atoms. The van der Waals surface area contributed by atoms with E-state index in [1.807, 2.05) is 42.5 Å². The molecule has 0 radical (unpaired) electrons. The average molecular weight is 484 g/mol. The minimum Gasteiger partial charge on any atom is -0.395 e. The number of carbonyl (C=O) groups is 1. The molecule has 1 aliphatic heterocycles. The summed E-state index contributed by atoms with van der Waals surface area (Å²) in [6.45, 7) is 6.61. The molecule has 5 nitrogen and oxygen atoms in total. The largest absolute Gasteiger partial charge is 0.395 e. The first-order valence-electron chi connectivity index (χ1n) is 11.4. The van der Waals surface area contributed by atoms with E-state index in [-0.39, 0.29) is 18.6 Å². The third-order valence-corrected chi connectivity index (χ3v) is 7.55. The van der Waals surface area contributed by atoms with E-state index in [9.17, 15) is 9.90 Å². The van der Waals surface area contributed by atoms with Crippen LogP contribution in [-0.2, 0) is 6.42 Å². The molecule has 0 aliphatic carbocycles. The van der Waals surface area contributed by atoms with E-state index in [1.54, 1.807) is 11.3 Å². The Morgan fingerprint density at radius 3 is 2.42 bits per heavy atom. The zero-order valence-corrected chi connectivity index (χ0v) is 20.4. The lowest BCUT2D eigenvalue weighted by Gasteiger charge is -2.39. The van der Waals surface area contributed by atoms with Crippen molar-refractivity contribution in [3.05, 3.63) is 87.3 Å². The second kappa shape index (κ2) is 11.3. The number of β-amino-alcohol motifs (C(OH)–C–C–N with tert-alkyl or cyclic N) is 1. The summed E-state index contributed by atoms with van der Waals surface area (Å²) in [4.78, 5) is 19.0. The molecule has 174 valence electrons. The summed E-state index contributed by atoms with van der Waals surface area (Å²) in [5.41, 5.74) is 2.93. The highest BCUT2D eigenvalue weighted by Crippen LogP contribution is 2.40. The number of hydrogen-bond donors (Lipinski definition) is 2. The number of nitrogens with zero attached hydrogens (tertiary/aromatic N) is 2. The minimum absolute atomic E-state index is 0.0150. The summed E-state index contributed by atoms with van der Waals surface area (Å²) in [5, 5.41) is 14.1. The van der Waals surface area contributed by atoms with E-state index in [0.717, 1.165) is 48.7 Å². The van der Waals surface area contributed by atoms with Crippen molar-refractivity contribution in [3.63, 3.8) is 0 Å². The van der Waals surface area contributed by atoms with E-state index in [2.05, 4.69) is 40.2 Å². The molecule has 1 aliphatic rings. The molecule has 33 heavy (non-hydrogen) atoms. The van der Waals surface area contributed by atoms with Gasteiger partial charge in [-0.15, -0.1) is 11.3 Å². The topological polar surface area (TPSA) is 55.8 Å². The summed E-state index contributed by atoms with van der Waals surface area (Å²) in [6, 6.07) is 19.6. The number of nitrogens with one attached hydrogen (secondary N) is 1. The summed E-state index contributed by atoms with van der Waals surface area (Å²) in [7, 11) is 0. The van der Waals surface area contributed by atoms with Crippen LogP contribution in [0.15, 0.2) is 60.7 Å². The quantitative estimate of drug-likeness (QED) is 0.477. The molecule has 0 bridgehead atoms. The molecule has 2 N–H and O–H groups in total. The number of anilines is 1. The predicted molar refractivity (Wildman–Crippen MR) is 136 cm³/mol. The van der Waals surface area contributed by atoms with Crippen molar-refractivity contribution < 1.29 is 9.90 Å². The smallest absolute Gasteiger partial charge is 0.256 e. The van der Waals surface area contributed by atoms with Crippen molar-refractivity contribution in [2.75, 3.05) is 44.6 Å². The van der Waals surface area contributed by atoms with Crippen molar-refractivity contribution >= 4 is 33.8 Å². The molecule has 2 aromatic carbocycles. The van der Waals surface area contributed by atoms with Crippen molar-refractivity contribution in [3.8, 4) is 0 Å². The van der Waals surface area contributed by atoms with Gasteiger partial charge in [0.2, 0.25) is 0 Å². The second-order valence-corrected chi connectivity index (χ2v) is 9.80. The first-order chi connectivity index (χ1) is 16.1. The fourth-order valence-corrected chi connectivity index (χ4v) is 5.47. The van der Waals surface area contributed by atoms with Gasteiger partial charge in [-0.25, -0.2) is 0 Å². The number of piperazine rings is 1. The molecular weight excluding hydrogens is 454 g/mol. The van der Waals surface area contributed by atoms with Gasteiger partial charge in [0.1, 0.15) is 5.00 Å². The number of amides is 1. The lowest BCUT2D eigenvalue weighted by molar-refractivity contribution is 0.0946. The number of thiophene rings is 1. The van der Waals surface area contributed by atoms with Gasteiger partial charge >= 0.3 is 0 Å². The third kappa shape index (κ3) is 5.83. The SMILES string of the molecule is CCc1cc(C(c2ccc(Cl)cc2)N2CCN(CCO)CC2)c(NC(=O)c2ccccc2)s1. The Hall–Kier alpha value is -2.22. The fraction of sp³-hybridized carbons (Fsp3) is 0.346. The van der Waals surface area contributed by atoms with Crippen LogP contribution in [-0.4, -0.2) is 60.1 Å². The second-order valence-electron chi connectivity index (χ2n) is 8.23. The molecule has 1 atom stereocenters. The monoisotopic (exact) mass is 483 g/mol. The van der Waals surface area contributed by atoms with Gasteiger partial charge in [0.05, 0.1) is 12.6 Å². The molecule has 7 heteroatoms. The highest BCUT2D eigenvalue weighted by Gasteiger charge is 2.30. The zero-order chi connectivity index (χ0) is 23.2. The van der Waals surface area contributed by atoms with Crippen LogP contribution in [0.2, 0.25) is 5.02 Å². The number of rotatable bonds is 8. The molecule has 1 amide bonds. The van der Waals surface area contributed by atoms with Gasteiger partial charge in [0, 0.05) is 53.8 Å². The van der Waals surface area contributed by atoms with Crippen LogP contribution in [0.4, 0.5) is 5.00 Å². The van der Waals surface area contributed by atoms with Gasteiger partial charge in [-0.2, -0.15) is 0 Å². The molecule has 1 fully saturated rings. The lowest BCUT2D eigenvalue weighted by atomic mass is 9.97. The first-order valence-corrected chi connectivity index (χ1v) is 12.6. The number of carbonyl (C=O) groups excluding carboxylic acids is 1. The number of aliphatic hydroxyl groups excluding tert-OH is 1. The lowest BCUT2D eigenvalue weighted by Crippen LogP contribution is -2.48. The van der Waals surface area contributed by atoms with Gasteiger partial charge in [-0.3, -0.25) is 14.6 Å². The van der Waals surface area contributed by atoms with Crippen LogP contribution in [0.5, 0.6) is 0 Å². The van der Waals surface area contributed by atoms with E-state index >= 15 is 0 Å². The zero-order valence-electron chi connectivity index (χ0n) is 18.8. The summed E-state index contributed by atoms with van der Waals surface area (Å²) in [5.74, 6) is -0.0935. The maximum absolute atomic E-state index is 13.0.